The molecule has 0 fully saturated rings. The lowest BCUT2D eigenvalue weighted by Crippen LogP contribution is -2.38. The third kappa shape index (κ3) is 5.37. The number of ether oxygens (including phenoxy) is 1. The minimum atomic E-state index is -0.984. The molecular weight excluding hydrogens is 253 g/mol. The lowest BCUT2D eigenvalue weighted by Gasteiger charge is -2.15. The first-order chi connectivity index (χ1) is 9.02. The van der Waals surface area contributed by atoms with Gasteiger partial charge in [-0.05, 0) is 18.6 Å². The zero-order valence-electron chi connectivity index (χ0n) is 10.6. The first-order valence-electron chi connectivity index (χ1n) is 5.91. The van der Waals surface area contributed by atoms with Crippen LogP contribution in [0.4, 0.5) is 4.39 Å². The number of para-hydroxylation sites is 1. The SMILES string of the molecule is CCC(CC(=O)O)NC(=O)COc1ccccc1F. The summed E-state index contributed by atoms with van der Waals surface area (Å²) < 4.78 is 18.2. The van der Waals surface area contributed by atoms with E-state index in [0.29, 0.717) is 6.42 Å². The van der Waals surface area contributed by atoms with Crippen molar-refractivity contribution in [3.63, 3.8) is 0 Å². The molecule has 2 N–H and O–H groups in total. The molecule has 0 saturated carbocycles. The van der Waals surface area contributed by atoms with Gasteiger partial charge in [-0.1, -0.05) is 19.1 Å². The van der Waals surface area contributed by atoms with Crippen LogP contribution >= 0.6 is 0 Å². The van der Waals surface area contributed by atoms with Crippen LogP contribution in [0, 0.1) is 5.82 Å². The Bertz CT molecular complexity index is 450. The molecule has 6 heteroatoms. The summed E-state index contributed by atoms with van der Waals surface area (Å²) in [6, 6.07) is 5.30. The van der Waals surface area contributed by atoms with E-state index in [4.69, 9.17) is 9.84 Å². The number of rotatable bonds is 7. The molecule has 0 radical (unpaired) electrons. The number of carboxylic acid groups (broad SMARTS) is 1. The topological polar surface area (TPSA) is 75.6 Å². The van der Waals surface area contributed by atoms with Crippen LogP contribution in [0.15, 0.2) is 24.3 Å². The smallest absolute Gasteiger partial charge is 0.305 e. The monoisotopic (exact) mass is 269 g/mol. The molecule has 0 aliphatic rings. The molecule has 0 heterocycles. The Balaban J connectivity index is 2.43. The van der Waals surface area contributed by atoms with Gasteiger partial charge in [-0.15, -0.1) is 0 Å². The summed E-state index contributed by atoms with van der Waals surface area (Å²) in [7, 11) is 0. The second-order valence-corrected chi connectivity index (χ2v) is 3.99. The van der Waals surface area contributed by atoms with Crippen LogP contribution in [0.3, 0.4) is 0 Å². The van der Waals surface area contributed by atoms with Crippen LogP contribution in [0.5, 0.6) is 5.75 Å². The molecular formula is C13H16FNO4. The van der Waals surface area contributed by atoms with Crippen molar-refractivity contribution in [3.05, 3.63) is 30.1 Å². The van der Waals surface area contributed by atoms with Crippen molar-refractivity contribution in [1.82, 2.24) is 5.32 Å². The second kappa shape index (κ2) is 7.35. The van der Waals surface area contributed by atoms with Crippen molar-refractivity contribution in [1.29, 1.82) is 0 Å². The van der Waals surface area contributed by atoms with E-state index in [2.05, 4.69) is 5.32 Å². The van der Waals surface area contributed by atoms with Crippen molar-refractivity contribution >= 4 is 11.9 Å². The van der Waals surface area contributed by atoms with E-state index in [1.54, 1.807) is 13.0 Å². The quantitative estimate of drug-likeness (QED) is 0.788. The molecule has 0 aromatic heterocycles. The Morgan fingerprint density at radius 1 is 1.42 bits per heavy atom. The third-order valence-corrected chi connectivity index (χ3v) is 2.47. The molecule has 1 aromatic rings. The summed E-state index contributed by atoms with van der Waals surface area (Å²) in [5, 5.41) is 11.2. The van der Waals surface area contributed by atoms with Crippen LogP contribution in [-0.2, 0) is 9.59 Å². The van der Waals surface area contributed by atoms with E-state index in [-0.39, 0.29) is 18.8 Å². The van der Waals surface area contributed by atoms with Crippen molar-refractivity contribution in [2.24, 2.45) is 0 Å². The standard InChI is InChI=1S/C13H16FNO4/c1-2-9(7-13(17)18)15-12(16)8-19-11-6-4-3-5-10(11)14/h3-6,9H,2,7-8H2,1H3,(H,15,16)(H,17,18). The van der Waals surface area contributed by atoms with E-state index in [1.807, 2.05) is 0 Å². The zero-order chi connectivity index (χ0) is 14.3. The van der Waals surface area contributed by atoms with Gasteiger partial charge < -0.3 is 15.2 Å². The van der Waals surface area contributed by atoms with Crippen LogP contribution in [0.1, 0.15) is 19.8 Å². The summed E-state index contributed by atoms with van der Waals surface area (Å²) in [6.07, 6.45) is 0.347. The van der Waals surface area contributed by atoms with Gasteiger partial charge in [0.15, 0.2) is 18.2 Å². The maximum absolute atomic E-state index is 13.2. The number of carbonyl (C=O) groups excluding carboxylic acids is 1. The predicted molar refractivity (Wildman–Crippen MR) is 66.4 cm³/mol. The molecule has 0 bridgehead atoms. The zero-order valence-corrected chi connectivity index (χ0v) is 10.6. The number of aliphatic carboxylic acids is 1. The molecule has 1 amide bonds. The molecule has 0 aliphatic heterocycles. The Labute approximate surface area is 110 Å². The summed E-state index contributed by atoms with van der Waals surface area (Å²) in [5.41, 5.74) is 0. The van der Waals surface area contributed by atoms with Gasteiger partial charge in [0, 0.05) is 6.04 Å². The van der Waals surface area contributed by atoms with Crippen LogP contribution < -0.4 is 10.1 Å². The summed E-state index contributed by atoms with van der Waals surface area (Å²) in [4.78, 5) is 22.1. The van der Waals surface area contributed by atoms with Crippen molar-refractivity contribution in [2.75, 3.05) is 6.61 Å². The Kier molecular flexibility index (Phi) is 5.78. The molecule has 104 valence electrons. The number of amides is 1. The van der Waals surface area contributed by atoms with Crippen molar-refractivity contribution in [3.8, 4) is 5.75 Å². The van der Waals surface area contributed by atoms with Gasteiger partial charge in [0.1, 0.15) is 0 Å². The van der Waals surface area contributed by atoms with Crippen LogP contribution in [0.2, 0.25) is 0 Å². The highest BCUT2D eigenvalue weighted by Crippen LogP contribution is 2.14. The number of halogens is 1. The van der Waals surface area contributed by atoms with Gasteiger partial charge in [0.2, 0.25) is 0 Å². The van der Waals surface area contributed by atoms with Gasteiger partial charge >= 0.3 is 5.97 Å². The average molecular weight is 269 g/mol. The molecule has 1 rings (SSSR count). The lowest BCUT2D eigenvalue weighted by molar-refractivity contribution is -0.137. The Morgan fingerprint density at radius 3 is 2.68 bits per heavy atom. The van der Waals surface area contributed by atoms with E-state index in [9.17, 15) is 14.0 Å². The number of hydrogen-bond donors (Lipinski definition) is 2. The molecule has 1 aromatic carbocycles. The minimum Gasteiger partial charge on any atom is -0.481 e. The maximum atomic E-state index is 13.2. The maximum Gasteiger partial charge on any atom is 0.305 e. The van der Waals surface area contributed by atoms with Gasteiger partial charge in [-0.2, -0.15) is 0 Å². The van der Waals surface area contributed by atoms with E-state index >= 15 is 0 Å². The molecule has 5 nitrogen and oxygen atoms in total. The normalized spacial score (nSPS) is 11.7. The average Bonchev–Trinajstić information content (AvgIpc) is 2.36. The minimum absolute atomic E-state index is 0.0102. The fraction of sp³-hybridized carbons (Fsp3) is 0.385. The highest BCUT2D eigenvalue weighted by atomic mass is 19.1. The highest BCUT2D eigenvalue weighted by molar-refractivity contribution is 5.78. The predicted octanol–water partition coefficient (Wildman–Crippen LogP) is 1.57. The van der Waals surface area contributed by atoms with Crippen molar-refractivity contribution in [2.45, 2.75) is 25.8 Å². The summed E-state index contributed by atoms with van der Waals surface area (Å²) in [5.74, 6) is -2.02. The van der Waals surface area contributed by atoms with Gasteiger partial charge in [-0.3, -0.25) is 9.59 Å². The highest BCUT2D eigenvalue weighted by Gasteiger charge is 2.14. The largest absolute Gasteiger partial charge is 0.481 e. The number of hydrogen-bond acceptors (Lipinski definition) is 3. The van der Waals surface area contributed by atoms with E-state index < -0.39 is 23.7 Å². The van der Waals surface area contributed by atoms with Gasteiger partial charge in [0.05, 0.1) is 6.42 Å². The molecule has 0 spiro atoms. The second-order valence-electron chi connectivity index (χ2n) is 3.99. The number of carbonyl (C=O) groups is 2. The van der Waals surface area contributed by atoms with Gasteiger partial charge in [-0.25, -0.2) is 4.39 Å². The Morgan fingerprint density at radius 2 is 2.11 bits per heavy atom. The molecule has 1 unspecified atom stereocenters. The molecule has 0 aliphatic carbocycles. The number of carboxylic acids is 1. The number of nitrogens with one attached hydrogen (secondary N) is 1. The molecule has 1 atom stereocenters. The molecule has 19 heavy (non-hydrogen) atoms. The van der Waals surface area contributed by atoms with Crippen LogP contribution in [-0.4, -0.2) is 29.6 Å². The third-order valence-electron chi connectivity index (χ3n) is 2.47. The number of benzene rings is 1. The fourth-order valence-electron chi connectivity index (χ4n) is 1.48. The lowest BCUT2D eigenvalue weighted by atomic mass is 10.1. The Hall–Kier alpha value is -2.11. The summed E-state index contributed by atoms with van der Waals surface area (Å²) >= 11 is 0. The summed E-state index contributed by atoms with van der Waals surface area (Å²) in [6.45, 7) is 1.42. The first-order valence-corrected chi connectivity index (χ1v) is 5.91. The van der Waals surface area contributed by atoms with Gasteiger partial charge in [0.25, 0.3) is 5.91 Å². The molecule has 0 saturated heterocycles. The first kappa shape index (κ1) is 14.9. The van der Waals surface area contributed by atoms with Crippen LogP contribution in [0.25, 0.3) is 0 Å². The van der Waals surface area contributed by atoms with E-state index in [0.717, 1.165) is 0 Å². The van der Waals surface area contributed by atoms with Crippen molar-refractivity contribution < 1.29 is 23.8 Å². The van der Waals surface area contributed by atoms with E-state index in [1.165, 1.54) is 18.2 Å². The fourth-order valence-corrected chi connectivity index (χ4v) is 1.48.